The molecule has 6 heteroatoms. The standard InChI is InChI=1S/C17H19N3O2S/c1-2-23-15-6-4-3-5-13(15)17(22)18-12-7-8-14-11(9-12)10-16(21)20-19-14/h3-6,10,12H,2,7-9H2,1H3,(H,18,22)(H,20,21)/t12-/m1/s1. The number of carbonyl (C=O) groups is 1. The van der Waals surface area contributed by atoms with Gasteiger partial charge in [-0.15, -0.1) is 11.8 Å². The van der Waals surface area contributed by atoms with Crippen LogP contribution >= 0.6 is 11.8 Å². The van der Waals surface area contributed by atoms with Crippen LogP contribution in [0.15, 0.2) is 40.0 Å². The molecule has 0 saturated heterocycles. The number of aromatic nitrogens is 2. The number of thioether (sulfide) groups is 1. The molecule has 1 atom stereocenters. The zero-order valence-corrected chi connectivity index (χ0v) is 13.8. The fraction of sp³-hybridized carbons (Fsp3) is 0.353. The van der Waals surface area contributed by atoms with Crippen LogP contribution in [0.3, 0.4) is 0 Å². The predicted octanol–water partition coefficient (Wildman–Crippen LogP) is 2.17. The second-order valence-corrected chi connectivity index (χ2v) is 6.85. The van der Waals surface area contributed by atoms with Crippen LogP contribution in [-0.4, -0.2) is 27.9 Å². The summed E-state index contributed by atoms with van der Waals surface area (Å²) < 4.78 is 0. The third-order valence-electron chi connectivity index (χ3n) is 3.94. The van der Waals surface area contributed by atoms with Gasteiger partial charge in [0.2, 0.25) is 0 Å². The molecule has 23 heavy (non-hydrogen) atoms. The fourth-order valence-corrected chi connectivity index (χ4v) is 3.66. The number of fused-ring (bicyclic) bond motifs is 1. The number of amides is 1. The molecule has 0 bridgehead atoms. The number of aryl methyl sites for hydroxylation is 1. The van der Waals surface area contributed by atoms with Gasteiger partial charge < -0.3 is 5.32 Å². The van der Waals surface area contributed by atoms with Crippen molar-refractivity contribution in [1.29, 1.82) is 0 Å². The molecule has 1 aromatic heterocycles. The van der Waals surface area contributed by atoms with Crippen molar-refractivity contribution in [2.24, 2.45) is 0 Å². The SMILES string of the molecule is CCSc1ccccc1C(=O)N[C@@H]1CCc2n[nH]c(=O)cc2C1. The molecular formula is C17H19N3O2S. The highest BCUT2D eigenvalue weighted by Gasteiger charge is 2.22. The summed E-state index contributed by atoms with van der Waals surface area (Å²) in [6.45, 7) is 2.07. The maximum Gasteiger partial charge on any atom is 0.264 e. The average molecular weight is 329 g/mol. The first-order valence-corrected chi connectivity index (χ1v) is 8.76. The van der Waals surface area contributed by atoms with Crippen molar-refractivity contribution in [3.8, 4) is 0 Å². The molecule has 1 aliphatic carbocycles. The van der Waals surface area contributed by atoms with Crippen LogP contribution in [0.5, 0.6) is 0 Å². The Bertz CT molecular complexity index is 772. The lowest BCUT2D eigenvalue weighted by atomic mass is 9.92. The summed E-state index contributed by atoms with van der Waals surface area (Å²) in [4.78, 5) is 25.0. The highest BCUT2D eigenvalue weighted by Crippen LogP contribution is 2.23. The highest BCUT2D eigenvalue weighted by molar-refractivity contribution is 7.99. The molecule has 120 valence electrons. The first-order valence-electron chi connectivity index (χ1n) is 7.77. The van der Waals surface area contributed by atoms with E-state index in [-0.39, 0.29) is 17.5 Å². The van der Waals surface area contributed by atoms with Crippen LogP contribution in [0.25, 0.3) is 0 Å². The summed E-state index contributed by atoms with van der Waals surface area (Å²) in [6, 6.07) is 9.29. The van der Waals surface area contributed by atoms with Gasteiger partial charge in [-0.2, -0.15) is 5.10 Å². The summed E-state index contributed by atoms with van der Waals surface area (Å²) in [5, 5.41) is 9.64. The first-order chi connectivity index (χ1) is 11.2. The van der Waals surface area contributed by atoms with Gasteiger partial charge in [-0.25, -0.2) is 5.10 Å². The molecular weight excluding hydrogens is 310 g/mol. The molecule has 0 spiro atoms. The number of aromatic amines is 1. The first kappa shape index (κ1) is 15.8. The minimum atomic E-state index is -0.194. The van der Waals surface area contributed by atoms with E-state index in [2.05, 4.69) is 22.4 Å². The minimum Gasteiger partial charge on any atom is -0.349 e. The number of benzene rings is 1. The number of hydrogen-bond acceptors (Lipinski definition) is 4. The summed E-state index contributed by atoms with van der Waals surface area (Å²) in [5.74, 6) is 0.878. The van der Waals surface area contributed by atoms with E-state index in [1.165, 1.54) is 0 Å². The second-order valence-electron chi connectivity index (χ2n) is 5.55. The van der Waals surface area contributed by atoms with Gasteiger partial charge in [0.25, 0.3) is 11.5 Å². The third kappa shape index (κ3) is 3.64. The van der Waals surface area contributed by atoms with E-state index in [1.54, 1.807) is 17.8 Å². The van der Waals surface area contributed by atoms with Crippen molar-refractivity contribution in [1.82, 2.24) is 15.5 Å². The molecule has 1 aliphatic rings. The Morgan fingerprint density at radius 3 is 3.09 bits per heavy atom. The maximum absolute atomic E-state index is 12.6. The molecule has 2 N–H and O–H groups in total. The largest absolute Gasteiger partial charge is 0.349 e. The molecule has 5 nitrogen and oxygen atoms in total. The molecule has 2 aromatic rings. The van der Waals surface area contributed by atoms with Crippen molar-refractivity contribution in [3.63, 3.8) is 0 Å². The molecule has 1 heterocycles. The van der Waals surface area contributed by atoms with Crippen LogP contribution in [0.2, 0.25) is 0 Å². The summed E-state index contributed by atoms with van der Waals surface area (Å²) in [5.41, 5.74) is 2.38. The van der Waals surface area contributed by atoms with Crippen LogP contribution in [0.1, 0.15) is 35.0 Å². The zero-order chi connectivity index (χ0) is 16.2. The number of nitrogens with zero attached hydrogens (tertiary/aromatic N) is 1. The van der Waals surface area contributed by atoms with Gasteiger partial charge in [-0.05, 0) is 42.7 Å². The van der Waals surface area contributed by atoms with Gasteiger partial charge in [0.05, 0.1) is 11.3 Å². The molecule has 0 radical (unpaired) electrons. The molecule has 3 rings (SSSR count). The van der Waals surface area contributed by atoms with E-state index in [0.29, 0.717) is 12.0 Å². The molecule has 0 saturated carbocycles. The van der Waals surface area contributed by atoms with E-state index >= 15 is 0 Å². The van der Waals surface area contributed by atoms with Gasteiger partial charge in [0.15, 0.2) is 0 Å². The lowest BCUT2D eigenvalue weighted by molar-refractivity contribution is 0.0930. The van der Waals surface area contributed by atoms with Gasteiger partial charge in [-0.3, -0.25) is 9.59 Å². The van der Waals surface area contributed by atoms with Crippen LogP contribution in [0.4, 0.5) is 0 Å². The Hall–Kier alpha value is -2.08. The zero-order valence-electron chi connectivity index (χ0n) is 13.0. The van der Waals surface area contributed by atoms with Crippen LogP contribution in [-0.2, 0) is 12.8 Å². The van der Waals surface area contributed by atoms with Crippen LogP contribution in [0, 0.1) is 0 Å². The van der Waals surface area contributed by atoms with Crippen molar-refractivity contribution in [2.45, 2.75) is 37.1 Å². The van der Waals surface area contributed by atoms with Crippen molar-refractivity contribution in [3.05, 3.63) is 57.5 Å². The minimum absolute atomic E-state index is 0.0401. The lowest BCUT2D eigenvalue weighted by Crippen LogP contribution is -2.39. The Kier molecular flexibility index (Phi) is 4.81. The van der Waals surface area contributed by atoms with Crippen molar-refractivity contribution in [2.75, 3.05) is 5.75 Å². The van der Waals surface area contributed by atoms with Gasteiger partial charge in [0.1, 0.15) is 0 Å². The fourth-order valence-electron chi connectivity index (χ4n) is 2.86. The Morgan fingerprint density at radius 2 is 2.26 bits per heavy atom. The van der Waals surface area contributed by atoms with E-state index in [4.69, 9.17) is 0 Å². The molecule has 1 aromatic carbocycles. The summed E-state index contributed by atoms with van der Waals surface area (Å²) in [6.07, 6.45) is 2.25. The van der Waals surface area contributed by atoms with E-state index in [9.17, 15) is 9.59 Å². The quantitative estimate of drug-likeness (QED) is 0.843. The highest BCUT2D eigenvalue weighted by atomic mass is 32.2. The van der Waals surface area contributed by atoms with Crippen molar-refractivity contribution >= 4 is 17.7 Å². The number of H-pyrrole nitrogens is 1. The van der Waals surface area contributed by atoms with E-state index < -0.39 is 0 Å². The third-order valence-corrected chi connectivity index (χ3v) is 4.90. The number of carbonyl (C=O) groups excluding carboxylic acids is 1. The number of hydrogen-bond donors (Lipinski definition) is 2. The lowest BCUT2D eigenvalue weighted by Gasteiger charge is -2.24. The maximum atomic E-state index is 12.6. The smallest absolute Gasteiger partial charge is 0.264 e. The number of rotatable bonds is 4. The van der Waals surface area contributed by atoms with Gasteiger partial charge in [0, 0.05) is 17.0 Å². The second kappa shape index (κ2) is 7.00. The van der Waals surface area contributed by atoms with E-state index in [1.807, 2.05) is 24.3 Å². The van der Waals surface area contributed by atoms with Gasteiger partial charge in [-0.1, -0.05) is 19.1 Å². The normalized spacial score (nSPS) is 16.7. The van der Waals surface area contributed by atoms with Gasteiger partial charge >= 0.3 is 0 Å². The molecule has 0 fully saturated rings. The Morgan fingerprint density at radius 1 is 1.43 bits per heavy atom. The summed E-state index contributed by atoms with van der Waals surface area (Å²) in [7, 11) is 0. The Balaban J connectivity index is 1.73. The predicted molar refractivity (Wildman–Crippen MR) is 91.0 cm³/mol. The van der Waals surface area contributed by atoms with E-state index in [0.717, 1.165) is 34.7 Å². The number of nitrogens with one attached hydrogen (secondary N) is 2. The molecule has 0 unspecified atom stereocenters. The van der Waals surface area contributed by atoms with Crippen LogP contribution < -0.4 is 10.9 Å². The molecule has 0 aliphatic heterocycles. The monoisotopic (exact) mass is 329 g/mol. The molecule has 1 amide bonds. The Labute approximate surface area is 138 Å². The average Bonchev–Trinajstić information content (AvgIpc) is 2.55. The summed E-state index contributed by atoms with van der Waals surface area (Å²) >= 11 is 1.67. The topological polar surface area (TPSA) is 74.8 Å². The van der Waals surface area contributed by atoms with Crippen molar-refractivity contribution < 1.29 is 4.79 Å².